The van der Waals surface area contributed by atoms with Gasteiger partial charge in [-0.15, -0.1) is 0 Å². The molecule has 1 N–H and O–H groups in total. The van der Waals surface area contributed by atoms with E-state index in [1.165, 1.54) is 25.3 Å². The average Bonchev–Trinajstić information content (AvgIpc) is 2.03. The summed E-state index contributed by atoms with van der Waals surface area (Å²) in [6, 6.07) is 1.34. The summed E-state index contributed by atoms with van der Waals surface area (Å²) in [6.45, 7) is 2.21. The van der Waals surface area contributed by atoms with E-state index in [0.717, 1.165) is 0 Å². The molecule has 0 saturated carbocycles. The summed E-state index contributed by atoms with van der Waals surface area (Å²) >= 11 is 0. The molecule has 0 atom stereocenters. The second kappa shape index (κ2) is 4.15. The van der Waals surface area contributed by atoms with Crippen LogP contribution in [-0.2, 0) is 0 Å². The van der Waals surface area contributed by atoms with Crippen LogP contribution in [0.5, 0.6) is 0 Å². The molecule has 1 radical (unpaired) electrons. The molecule has 0 unspecified atom stereocenters. The van der Waals surface area contributed by atoms with Crippen LogP contribution in [0.1, 0.15) is 26.2 Å². The molecule has 0 saturated heterocycles. The smallest absolute Gasteiger partial charge is 0.0820 e. The first kappa shape index (κ1) is 7.39. The average molecular weight is 136 g/mol. The molecule has 55 valence electrons. The van der Waals surface area contributed by atoms with Gasteiger partial charge in [-0.3, -0.25) is 0 Å². The van der Waals surface area contributed by atoms with Gasteiger partial charge in [0.25, 0.3) is 0 Å². The summed E-state index contributed by atoms with van der Waals surface area (Å²) in [5.41, 5.74) is 0. The van der Waals surface area contributed by atoms with Gasteiger partial charge < -0.3 is 5.32 Å². The van der Waals surface area contributed by atoms with Crippen molar-refractivity contribution in [2.75, 3.05) is 0 Å². The van der Waals surface area contributed by atoms with Crippen molar-refractivity contribution in [3.63, 3.8) is 0 Å². The monoisotopic (exact) mass is 136 g/mol. The zero-order chi connectivity index (χ0) is 7.23. The number of dihydropyridines is 1. The maximum Gasteiger partial charge on any atom is 0.0820 e. The molecule has 1 nitrogen and oxygen atoms in total. The molecule has 1 rings (SSSR count). The lowest BCUT2D eigenvalue weighted by Crippen LogP contribution is -2.14. The molecule has 0 spiro atoms. The highest BCUT2D eigenvalue weighted by molar-refractivity contribution is 5.20. The Kier molecular flexibility index (Phi) is 3.07. The topological polar surface area (TPSA) is 12.0 Å². The van der Waals surface area contributed by atoms with Crippen molar-refractivity contribution in [2.24, 2.45) is 0 Å². The molecule has 0 aromatic heterocycles. The predicted molar refractivity (Wildman–Crippen MR) is 44.2 cm³/mol. The summed E-state index contributed by atoms with van der Waals surface area (Å²) in [5.74, 6) is 0. The number of unbranched alkanes of at least 4 members (excludes halogenated alkanes) is 1. The van der Waals surface area contributed by atoms with Crippen molar-refractivity contribution < 1.29 is 0 Å². The zero-order valence-corrected chi connectivity index (χ0v) is 6.43. The molecule has 1 heterocycles. The Hall–Kier alpha value is -0.720. The van der Waals surface area contributed by atoms with Crippen molar-refractivity contribution >= 4 is 0 Å². The maximum atomic E-state index is 3.20. The molecule has 0 aromatic carbocycles. The SMILES string of the molecule is CCCC[C]1C=CC=CN1. The number of hydrogen-bond acceptors (Lipinski definition) is 1. The zero-order valence-electron chi connectivity index (χ0n) is 6.43. The van der Waals surface area contributed by atoms with E-state index in [-0.39, 0.29) is 0 Å². The predicted octanol–water partition coefficient (Wildman–Crippen LogP) is 2.38. The van der Waals surface area contributed by atoms with Gasteiger partial charge in [0, 0.05) is 0 Å². The van der Waals surface area contributed by atoms with Gasteiger partial charge in [0.05, 0.1) is 6.04 Å². The molecular formula is C9H14N. The molecule has 0 fully saturated rings. The summed E-state index contributed by atoms with van der Waals surface area (Å²) in [4.78, 5) is 0. The van der Waals surface area contributed by atoms with E-state index in [1.54, 1.807) is 0 Å². The van der Waals surface area contributed by atoms with Crippen LogP contribution in [-0.4, -0.2) is 0 Å². The normalized spacial score (nSPS) is 17.3. The number of hydrogen-bond donors (Lipinski definition) is 1. The first-order valence-electron chi connectivity index (χ1n) is 3.89. The van der Waals surface area contributed by atoms with Gasteiger partial charge in [-0.05, 0) is 18.7 Å². The van der Waals surface area contributed by atoms with Crippen LogP contribution in [0.4, 0.5) is 0 Å². The summed E-state index contributed by atoms with van der Waals surface area (Å²) in [6.07, 6.45) is 11.9. The molecule has 0 bridgehead atoms. The van der Waals surface area contributed by atoms with Crippen LogP contribution in [0.15, 0.2) is 24.4 Å². The van der Waals surface area contributed by atoms with Gasteiger partial charge in [0.2, 0.25) is 0 Å². The Morgan fingerprint density at radius 2 is 2.30 bits per heavy atom. The van der Waals surface area contributed by atoms with E-state index < -0.39 is 0 Å². The third-order valence-corrected chi connectivity index (χ3v) is 1.57. The molecule has 1 aliphatic heterocycles. The fourth-order valence-electron chi connectivity index (χ4n) is 0.953. The highest BCUT2D eigenvalue weighted by Crippen LogP contribution is 2.11. The first-order valence-corrected chi connectivity index (χ1v) is 3.89. The van der Waals surface area contributed by atoms with E-state index in [0.29, 0.717) is 0 Å². The minimum absolute atomic E-state index is 1.18. The molecular weight excluding hydrogens is 122 g/mol. The second-order valence-electron chi connectivity index (χ2n) is 2.49. The first-order chi connectivity index (χ1) is 4.93. The quantitative estimate of drug-likeness (QED) is 0.628. The minimum Gasteiger partial charge on any atom is -0.379 e. The van der Waals surface area contributed by atoms with Crippen LogP contribution in [0.2, 0.25) is 0 Å². The molecule has 1 aliphatic rings. The van der Waals surface area contributed by atoms with Crippen molar-refractivity contribution in [1.29, 1.82) is 0 Å². The van der Waals surface area contributed by atoms with Crippen LogP contribution in [0.3, 0.4) is 0 Å². The Bertz CT molecular complexity index is 136. The van der Waals surface area contributed by atoms with E-state index in [2.05, 4.69) is 24.4 Å². The molecule has 0 aliphatic carbocycles. The Labute approximate surface area is 62.8 Å². The van der Waals surface area contributed by atoms with Gasteiger partial charge in [-0.2, -0.15) is 0 Å². The molecule has 0 amide bonds. The highest BCUT2D eigenvalue weighted by Gasteiger charge is 2.02. The lowest BCUT2D eigenvalue weighted by molar-refractivity contribution is 0.698. The molecule has 1 heteroatoms. The Balaban J connectivity index is 2.17. The van der Waals surface area contributed by atoms with Crippen LogP contribution >= 0.6 is 0 Å². The van der Waals surface area contributed by atoms with Gasteiger partial charge in [0.15, 0.2) is 0 Å². The van der Waals surface area contributed by atoms with Gasteiger partial charge >= 0.3 is 0 Å². The van der Waals surface area contributed by atoms with Crippen LogP contribution < -0.4 is 5.32 Å². The van der Waals surface area contributed by atoms with Crippen molar-refractivity contribution in [2.45, 2.75) is 26.2 Å². The van der Waals surface area contributed by atoms with Crippen molar-refractivity contribution in [1.82, 2.24) is 5.32 Å². The lowest BCUT2D eigenvalue weighted by Gasteiger charge is -2.12. The van der Waals surface area contributed by atoms with E-state index in [4.69, 9.17) is 0 Å². The van der Waals surface area contributed by atoms with Gasteiger partial charge in [-0.1, -0.05) is 31.9 Å². The highest BCUT2D eigenvalue weighted by atomic mass is 14.9. The fourth-order valence-corrected chi connectivity index (χ4v) is 0.953. The summed E-state index contributed by atoms with van der Waals surface area (Å²) in [7, 11) is 0. The Morgan fingerprint density at radius 1 is 1.40 bits per heavy atom. The minimum atomic E-state index is 1.18. The maximum absolute atomic E-state index is 3.20. The van der Waals surface area contributed by atoms with E-state index in [9.17, 15) is 0 Å². The molecule has 10 heavy (non-hydrogen) atoms. The summed E-state index contributed by atoms with van der Waals surface area (Å²) in [5, 5.41) is 3.20. The van der Waals surface area contributed by atoms with E-state index in [1.807, 2.05) is 12.3 Å². The number of rotatable bonds is 3. The number of allylic oxidation sites excluding steroid dienone is 2. The third kappa shape index (κ3) is 2.26. The van der Waals surface area contributed by atoms with Gasteiger partial charge in [0.1, 0.15) is 0 Å². The number of nitrogens with one attached hydrogen (secondary N) is 1. The second-order valence-corrected chi connectivity index (χ2v) is 2.49. The van der Waals surface area contributed by atoms with Crippen molar-refractivity contribution in [3.8, 4) is 0 Å². The standard InChI is InChI=1S/C9H14N/c1-2-3-6-9-7-4-5-8-10-9/h4-5,7-8,10H,2-3,6H2,1H3. The largest absolute Gasteiger partial charge is 0.379 e. The third-order valence-electron chi connectivity index (χ3n) is 1.57. The molecule has 0 aromatic rings. The van der Waals surface area contributed by atoms with Crippen LogP contribution in [0, 0.1) is 6.04 Å². The van der Waals surface area contributed by atoms with E-state index >= 15 is 0 Å². The van der Waals surface area contributed by atoms with Crippen molar-refractivity contribution in [3.05, 3.63) is 30.5 Å². The lowest BCUT2D eigenvalue weighted by atomic mass is 10.1. The fraction of sp³-hybridized carbons (Fsp3) is 0.444. The van der Waals surface area contributed by atoms with Gasteiger partial charge in [-0.25, -0.2) is 0 Å². The van der Waals surface area contributed by atoms with Crippen LogP contribution in [0.25, 0.3) is 0 Å². The summed E-state index contributed by atoms with van der Waals surface area (Å²) < 4.78 is 0. The Morgan fingerprint density at radius 3 is 2.90 bits per heavy atom.